The van der Waals surface area contributed by atoms with E-state index in [1.807, 2.05) is 0 Å². The van der Waals surface area contributed by atoms with E-state index in [2.05, 4.69) is 22.9 Å². The molecule has 1 nitrogen and oxygen atoms in total. The lowest BCUT2D eigenvalue weighted by atomic mass is 9.68. The number of hydrogen-bond acceptors (Lipinski definition) is 1. The first-order valence-electron chi connectivity index (χ1n) is 4.47. The standard InChI is InChI=1S/C9H17BrO/c1-2-11-7-6-9(8-10)4-3-5-9/h2-8H2,1H3. The molecule has 0 aromatic rings. The molecule has 0 aromatic heterocycles. The van der Waals surface area contributed by atoms with E-state index in [1.54, 1.807) is 0 Å². The molecule has 0 heterocycles. The van der Waals surface area contributed by atoms with Gasteiger partial charge in [-0.25, -0.2) is 0 Å². The Balaban J connectivity index is 2.11. The molecule has 1 aliphatic carbocycles. The van der Waals surface area contributed by atoms with Crippen molar-refractivity contribution in [3.8, 4) is 0 Å². The Morgan fingerprint density at radius 1 is 1.45 bits per heavy atom. The van der Waals surface area contributed by atoms with Gasteiger partial charge in [-0.3, -0.25) is 0 Å². The average molecular weight is 221 g/mol. The second-order valence-electron chi connectivity index (χ2n) is 3.43. The molecule has 0 spiro atoms. The van der Waals surface area contributed by atoms with Gasteiger partial charge in [-0.05, 0) is 31.6 Å². The number of alkyl halides is 1. The Kier molecular flexibility index (Phi) is 3.86. The van der Waals surface area contributed by atoms with E-state index in [0.717, 1.165) is 18.5 Å². The lowest BCUT2D eigenvalue weighted by Crippen LogP contribution is -2.32. The second-order valence-corrected chi connectivity index (χ2v) is 3.99. The van der Waals surface area contributed by atoms with Crippen molar-refractivity contribution in [3.63, 3.8) is 0 Å². The summed E-state index contributed by atoms with van der Waals surface area (Å²) in [4.78, 5) is 0. The molecule has 1 rings (SSSR count). The first kappa shape index (κ1) is 9.53. The number of hydrogen-bond donors (Lipinski definition) is 0. The van der Waals surface area contributed by atoms with Crippen molar-refractivity contribution in [2.24, 2.45) is 5.41 Å². The Morgan fingerprint density at radius 3 is 2.55 bits per heavy atom. The molecule has 0 saturated heterocycles. The van der Waals surface area contributed by atoms with Gasteiger partial charge in [-0.15, -0.1) is 0 Å². The number of ether oxygens (including phenoxy) is 1. The quantitative estimate of drug-likeness (QED) is 0.512. The van der Waals surface area contributed by atoms with Crippen molar-refractivity contribution in [2.45, 2.75) is 32.6 Å². The first-order valence-corrected chi connectivity index (χ1v) is 5.59. The highest BCUT2D eigenvalue weighted by Crippen LogP contribution is 2.45. The summed E-state index contributed by atoms with van der Waals surface area (Å²) in [5, 5.41) is 1.16. The normalized spacial score (nSPS) is 21.3. The van der Waals surface area contributed by atoms with Crippen LogP contribution in [0.5, 0.6) is 0 Å². The summed E-state index contributed by atoms with van der Waals surface area (Å²) >= 11 is 3.58. The van der Waals surface area contributed by atoms with Gasteiger partial charge in [0.2, 0.25) is 0 Å². The van der Waals surface area contributed by atoms with Gasteiger partial charge in [0.15, 0.2) is 0 Å². The van der Waals surface area contributed by atoms with Crippen molar-refractivity contribution in [2.75, 3.05) is 18.5 Å². The van der Waals surface area contributed by atoms with Crippen LogP contribution in [0.15, 0.2) is 0 Å². The van der Waals surface area contributed by atoms with Gasteiger partial charge in [0.05, 0.1) is 0 Å². The number of rotatable bonds is 5. The van der Waals surface area contributed by atoms with E-state index >= 15 is 0 Å². The van der Waals surface area contributed by atoms with Gasteiger partial charge in [-0.2, -0.15) is 0 Å². The fraction of sp³-hybridized carbons (Fsp3) is 1.00. The van der Waals surface area contributed by atoms with Crippen LogP contribution >= 0.6 is 15.9 Å². The van der Waals surface area contributed by atoms with Crippen molar-refractivity contribution >= 4 is 15.9 Å². The van der Waals surface area contributed by atoms with Crippen LogP contribution in [-0.4, -0.2) is 18.5 Å². The van der Waals surface area contributed by atoms with Gasteiger partial charge in [0, 0.05) is 18.5 Å². The van der Waals surface area contributed by atoms with Crippen LogP contribution in [0.4, 0.5) is 0 Å². The summed E-state index contributed by atoms with van der Waals surface area (Å²) in [6.07, 6.45) is 5.44. The van der Waals surface area contributed by atoms with E-state index in [1.165, 1.54) is 25.7 Å². The smallest absolute Gasteiger partial charge is 0.0471 e. The molecule has 0 N–H and O–H groups in total. The maximum Gasteiger partial charge on any atom is 0.0471 e. The minimum atomic E-state index is 0.606. The summed E-state index contributed by atoms with van der Waals surface area (Å²) in [5.74, 6) is 0. The Labute approximate surface area is 77.6 Å². The van der Waals surface area contributed by atoms with Crippen LogP contribution in [0.2, 0.25) is 0 Å². The lowest BCUT2D eigenvalue weighted by Gasteiger charge is -2.40. The largest absolute Gasteiger partial charge is 0.382 e. The van der Waals surface area contributed by atoms with Crippen molar-refractivity contribution in [3.05, 3.63) is 0 Å². The molecule has 0 amide bonds. The molecule has 66 valence electrons. The van der Waals surface area contributed by atoms with Crippen LogP contribution in [0.3, 0.4) is 0 Å². The van der Waals surface area contributed by atoms with Crippen LogP contribution in [0.1, 0.15) is 32.6 Å². The SMILES string of the molecule is CCOCCC1(CBr)CCC1. The summed E-state index contributed by atoms with van der Waals surface area (Å²) in [7, 11) is 0. The average Bonchev–Trinajstić information content (AvgIpc) is 1.95. The first-order chi connectivity index (χ1) is 5.33. The van der Waals surface area contributed by atoms with Crippen molar-refractivity contribution in [1.29, 1.82) is 0 Å². The third-order valence-electron chi connectivity index (χ3n) is 2.68. The highest BCUT2D eigenvalue weighted by Gasteiger charge is 2.35. The van der Waals surface area contributed by atoms with E-state index in [9.17, 15) is 0 Å². The fourth-order valence-corrected chi connectivity index (χ4v) is 2.40. The molecule has 0 radical (unpaired) electrons. The zero-order chi connectivity index (χ0) is 8.16. The minimum Gasteiger partial charge on any atom is -0.382 e. The van der Waals surface area contributed by atoms with Gasteiger partial charge < -0.3 is 4.74 Å². The molecule has 2 heteroatoms. The zero-order valence-corrected chi connectivity index (χ0v) is 8.82. The molecule has 0 atom stereocenters. The molecule has 0 unspecified atom stereocenters. The number of halogens is 1. The highest BCUT2D eigenvalue weighted by molar-refractivity contribution is 9.09. The molecule has 1 fully saturated rings. The van der Waals surface area contributed by atoms with Crippen LogP contribution in [-0.2, 0) is 4.74 Å². The van der Waals surface area contributed by atoms with Crippen LogP contribution < -0.4 is 0 Å². The molecule has 0 aliphatic heterocycles. The maximum atomic E-state index is 5.35. The van der Waals surface area contributed by atoms with Crippen LogP contribution in [0.25, 0.3) is 0 Å². The minimum absolute atomic E-state index is 0.606. The zero-order valence-electron chi connectivity index (χ0n) is 7.24. The summed E-state index contributed by atoms with van der Waals surface area (Å²) in [6, 6.07) is 0. The fourth-order valence-electron chi connectivity index (χ4n) is 1.56. The lowest BCUT2D eigenvalue weighted by molar-refractivity contribution is 0.0719. The predicted octanol–water partition coefficient (Wildman–Crippen LogP) is 2.98. The van der Waals surface area contributed by atoms with Gasteiger partial charge >= 0.3 is 0 Å². The predicted molar refractivity (Wildman–Crippen MR) is 51.2 cm³/mol. The summed E-state index contributed by atoms with van der Waals surface area (Å²) < 4.78 is 5.35. The van der Waals surface area contributed by atoms with Gasteiger partial charge in [-0.1, -0.05) is 22.4 Å². The second kappa shape index (κ2) is 4.46. The molecule has 1 saturated carbocycles. The third kappa shape index (κ3) is 2.45. The van der Waals surface area contributed by atoms with Gasteiger partial charge in [0.25, 0.3) is 0 Å². The molecule has 0 aromatic carbocycles. The van der Waals surface area contributed by atoms with Gasteiger partial charge in [0.1, 0.15) is 0 Å². The Bertz CT molecular complexity index is 105. The summed E-state index contributed by atoms with van der Waals surface area (Å²) in [6.45, 7) is 3.86. The molecule has 11 heavy (non-hydrogen) atoms. The summed E-state index contributed by atoms with van der Waals surface area (Å²) in [5.41, 5.74) is 0.606. The van der Waals surface area contributed by atoms with E-state index in [0.29, 0.717) is 5.41 Å². The van der Waals surface area contributed by atoms with E-state index < -0.39 is 0 Å². The van der Waals surface area contributed by atoms with Crippen molar-refractivity contribution in [1.82, 2.24) is 0 Å². The van der Waals surface area contributed by atoms with E-state index in [-0.39, 0.29) is 0 Å². The highest BCUT2D eigenvalue weighted by atomic mass is 79.9. The monoisotopic (exact) mass is 220 g/mol. The molecular weight excluding hydrogens is 204 g/mol. The van der Waals surface area contributed by atoms with Crippen molar-refractivity contribution < 1.29 is 4.74 Å². The maximum absolute atomic E-state index is 5.35. The molecular formula is C9H17BrO. The molecule has 0 bridgehead atoms. The van der Waals surface area contributed by atoms with E-state index in [4.69, 9.17) is 4.74 Å². The Hall–Kier alpha value is 0.440. The third-order valence-corrected chi connectivity index (χ3v) is 3.87. The van der Waals surface area contributed by atoms with Crippen LogP contribution in [0, 0.1) is 5.41 Å². The molecule has 1 aliphatic rings. The topological polar surface area (TPSA) is 9.23 Å². The Morgan fingerprint density at radius 2 is 2.18 bits per heavy atom.